The molecule has 1 unspecified atom stereocenters. The molecule has 192 valence electrons. The number of nitrogens with two attached hydrogens (primary N) is 2. The van der Waals surface area contributed by atoms with Gasteiger partial charge in [-0.15, -0.1) is 18.3 Å². The van der Waals surface area contributed by atoms with Crippen LogP contribution >= 0.6 is 0 Å². The topological polar surface area (TPSA) is 153 Å². The highest BCUT2D eigenvalue weighted by Gasteiger charge is 2.31. The molecule has 11 nitrogen and oxygen atoms in total. The number of benzene rings is 1. The molecule has 2 amide bonds. The maximum absolute atomic E-state index is 14.3. The summed E-state index contributed by atoms with van der Waals surface area (Å²) in [4.78, 5) is 23.5. The van der Waals surface area contributed by atoms with Gasteiger partial charge >= 0.3 is 6.36 Å². The van der Waals surface area contributed by atoms with Crippen molar-refractivity contribution in [1.82, 2.24) is 30.6 Å². The zero-order chi connectivity index (χ0) is 26.2. The van der Waals surface area contributed by atoms with Gasteiger partial charge in [-0.1, -0.05) is 5.21 Å². The summed E-state index contributed by atoms with van der Waals surface area (Å²) in [7, 11) is 1.39. The van der Waals surface area contributed by atoms with E-state index in [1.165, 1.54) is 7.05 Å². The lowest BCUT2D eigenvalue weighted by atomic mass is 10.2. The zero-order valence-corrected chi connectivity index (χ0v) is 18.4. The van der Waals surface area contributed by atoms with Gasteiger partial charge in [0.2, 0.25) is 0 Å². The third-order valence-electron chi connectivity index (χ3n) is 4.34. The molecular formula is C19H23F5N8O3. The average Bonchev–Trinajstić information content (AvgIpc) is 3.24. The van der Waals surface area contributed by atoms with Crippen LogP contribution in [0.25, 0.3) is 0 Å². The van der Waals surface area contributed by atoms with Gasteiger partial charge in [0.1, 0.15) is 23.4 Å². The molecule has 2 aromatic rings. The number of likely N-dealkylation sites (N-methyl/N-ethyl adjacent to an activating group) is 1. The molecule has 0 aliphatic heterocycles. The molecule has 0 saturated heterocycles. The summed E-state index contributed by atoms with van der Waals surface area (Å²) in [5.41, 5.74) is 4.86. The van der Waals surface area contributed by atoms with E-state index < -0.39 is 42.5 Å². The second kappa shape index (κ2) is 12.0. The highest BCUT2D eigenvalue weighted by Crippen LogP contribution is 2.24. The number of amides is 2. The quantitative estimate of drug-likeness (QED) is 0.150. The standard InChI is InChI=1S/C19H23F5N8O3/c1-27-17(33)15(25)9-31(26)5-4-12(20)8-32-10-16(29-30-32)18(34)28-7-11-6-13(2-3-14(11)21)35-19(22,23)24/h2-3,6,9-10,12H,4-5,7-8,25-26H2,1H3,(H,27,33)(H,28,34)/b15-9-. The number of alkyl halides is 4. The molecule has 0 aliphatic carbocycles. The smallest absolute Gasteiger partial charge is 0.406 e. The van der Waals surface area contributed by atoms with Crippen LogP contribution in [0, 0.1) is 5.82 Å². The van der Waals surface area contributed by atoms with E-state index in [0.29, 0.717) is 0 Å². The normalized spacial score (nSPS) is 12.7. The summed E-state index contributed by atoms with van der Waals surface area (Å²) >= 11 is 0. The fraction of sp³-hybridized carbons (Fsp3) is 0.368. The number of carbonyl (C=O) groups is 2. The number of ether oxygens (including phenoxy) is 1. The predicted molar refractivity (Wildman–Crippen MR) is 111 cm³/mol. The molecule has 16 heteroatoms. The first kappa shape index (κ1) is 27.3. The van der Waals surface area contributed by atoms with Gasteiger partial charge in [-0.25, -0.2) is 19.3 Å². The summed E-state index contributed by atoms with van der Waals surface area (Å²) in [6, 6.07) is 2.36. The van der Waals surface area contributed by atoms with Crippen LogP contribution in [0.15, 0.2) is 36.3 Å². The van der Waals surface area contributed by atoms with E-state index in [1.54, 1.807) is 0 Å². The van der Waals surface area contributed by atoms with Gasteiger partial charge in [-0.2, -0.15) is 0 Å². The van der Waals surface area contributed by atoms with Crippen LogP contribution in [-0.4, -0.2) is 57.9 Å². The largest absolute Gasteiger partial charge is 0.573 e. The first-order chi connectivity index (χ1) is 16.4. The molecular weight excluding hydrogens is 483 g/mol. The number of nitrogens with zero attached hydrogens (tertiary/aromatic N) is 4. The van der Waals surface area contributed by atoms with Crippen LogP contribution in [-0.2, 0) is 17.9 Å². The fourth-order valence-electron chi connectivity index (χ4n) is 2.67. The number of aromatic nitrogens is 3. The number of nitrogens with one attached hydrogen (secondary N) is 2. The molecule has 0 saturated carbocycles. The Labute approximate surface area is 195 Å². The highest BCUT2D eigenvalue weighted by molar-refractivity contribution is 5.92. The van der Waals surface area contributed by atoms with Crippen molar-refractivity contribution < 1.29 is 36.3 Å². The molecule has 1 atom stereocenters. The van der Waals surface area contributed by atoms with Crippen molar-refractivity contribution in [3.8, 4) is 5.75 Å². The van der Waals surface area contributed by atoms with Crippen LogP contribution in [0.5, 0.6) is 5.75 Å². The molecule has 0 bridgehead atoms. The van der Waals surface area contributed by atoms with Gasteiger partial charge in [-0.05, 0) is 24.6 Å². The minimum Gasteiger partial charge on any atom is -0.406 e. The maximum Gasteiger partial charge on any atom is 0.573 e. The Morgan fingerprint density at radius 3 is 2.71 bits per heavy atom. The lowest BCUT2D eigenvalue weighted by Crippen LogP contribution is -2.33. The summed E-state index contributed by atoms with van der Waals surface area (Å²) in [6.07, 6.45) is -4.17. The fourth-order valence-corrected chi connectivity index (χ4v) is 2.67. The van der Waals surface area contributed by atoms with Crippen molar-refractivity contribution in [1.29, 1.82) is 0 Å². The maximum atomic E-state index is 14.3. The van der Waals surface area contributed by atoms with E-state index in [0.717, 1.165) is 40.3 Å². The number of hydrogen-bond acceptors (Lipinski definition) is 8. The van der Waals surface area contributed by atoms with Gasteiger partial charge < -0.3 is 26.1 Å². The molecule has 35 heavy (non-hydrogen) atoms. The molecule has 2 rings (SSSR count). The number of halogens is 5. The van der Waals surface area contributed by atoms with E-state index in [2.05, 4.69) is 25.7 Å². The van der Waals surface area contributed by atoms with E-state index in [9.17, 15) is 31.5 Å². The molecule has 1 heterocycles. The van der Waals surface area contributed by atoms with Gasteiger partial charge in [0.05, 0.1) is 12.7 Å². The van der Waals surface area contributed by atoms with E-state index in [4.69, 9.17) is 11.6 Å². The van der Waals surface area contributed by atoms with Crippen molar-refractivity contribution in [3.05, 3.63) is 53.4 Å². The van der Waals surface area contributed by atoms with Crippen LogP contribution in [0.4, 0.5) is 22.0 Å². The molecule has 0 spiro atoms. The van der Waals surface area contributed by atoms with Crippen LogP contribution in [0.2, 0.25) is 0 Å². The summed E-state index contributed by atoms with van der Waals surface area (Å²) in [5.74, 6) is 2.78. The Balaban J connectivity index is 1.87. The van der Waals surface area contributed by atoms with Crippen LogP contribution < -0.4 is 26.9 Å². The van der Waals surface area contributed by atoms with Crippen molar-refractivity contribution in [2.24, 2.45) is 11.6 Å². The third kappa shape index (κ3) is 9.07. The molecule has 1 aromatic carbocycles. The molecule has 0 aliphatic rings. The van der Waals surface area contributed by atoms with Gasteiger partial charge in [0.25, 0.3) is 11.8 Å². The number of rotatable bonds is 11. The monoisotopic (exact) mass is 506 g/mol. The third-order valence-corrected chi connectivity index (χ3v) is 4.34. The van der Waals surface area contributed by atoms with E-state index in [1.807, 2.05) is 0 Å². The first-order valence-electron chi connectivity index (χ1n) is 9.95. The average molecular weight is 506 g/mol. The summed E-state index contributed by atoms with van der Waals surface area (Å²) in [5, 5.41) is 12.9. The molecule has 1 aromatic heterocycles. The Morgan fingerprint density at radius 2 is 2.06 bits per heavy atom. The lowest BCUT2D eigenvalue weighted by Gasteiger charge is -2.16. The second-order valence-electron chi connectivity index (χ2n) is 7.10. The number of hydrazine groups is 1. The Hall–Kier alpha value is -3.95. The van der Waals surface area contributed by atoms with Crippen molar-refractivity contribution >= 4 is 11.8 Å². The van der Waals surface area contributed by atoms with Crippen LogP contribution in [0.3, 0.4) is 0 Å². The van der Waals surface area contributed by atoms with Gasteiger partial charge in [0.15, 0.2) is 5.69 Å². The number of carbonyl (C=O) groups excluding carboxylic acids is 2. The summed E-state index contributed by atoms with van der Waals surface area (Å²) in [6.45, 7) is -0.713. The molecule has 0 radical (unpaired) electrons. The number of hydrogen-bond donors (Lipinski definition) is 4. The molecule has 6 N–H and O–H groups in total. The lowest BCUT2D eigenvalue weighted by molar-refractivity contribution is -0.274. The van der Waals surface area contributed by atoms with Gasteiger partial charge in [0, 0.05) is 31.9 Å². The Morgan fingerprint density at radius 1 is 1.34 bits per heavy atom. The van der Waals surface area contributed by atoms with E-state index in [-0.39, 0.29) is 36.5 Å². The van der Waals surface area contributed by atoms with Crippen molar-refractivity contribution in [3.63, 3.8) is 0 Å². The summed E-state index contributed by atoms with van der Waals surface area (Å²) < 4.78 is 69.9. The zero-order valence-electron chi connectivity index (χ0n) is 18.4. The SMILES string of the molecule is CNC(=O)/C(N)=C/N(N)CCC(F)Cn1cc(C(=O)NCc2cc(OC(F)(F)F)ccc2F)nn1. The molecule has 0 fully saturated rings. The highest BCUT2D eigenvalue weighted by atomic mass is 19.4. The minimum atomic E-state index is -4.96. The van der Waals surface area contributed by atoms with Crippen molar-refractivity contribution in [2.75, 3.05) is 13.6 Å². The minimum absolute atomic E-state index is 0.0174. The van der Waals surface area contributed by atoms with E-state index >= 15 is 0 Å². The first-order valence-corrected chi connectivity index (χ1v) is 9.95. The van der Waals surface area contributed by atoms with Crippen molar-refractivity contribution in [2.45, 2.75) is 32.0 Å². The Bertz CT molecular complexity index is 1060. The Kier molecular flexibility index (Phi) is 9.33. The predicted octanol–water partition coefficient (Wildman–Crippen LogP) is 0.696. The van der Waals surface area contributed by atoms with Gasteiger partial charge in [-0.3, -0.25) is 9.59 Å². The second-order valence-corrected chi connectivity index (χ2v) is 7.10. The van der Waals surface area contributed by atoms with Crippen LogP contribution in [0.1, 0.15) is 22.5 Å².